The Morgan fingerprint density at radius 2 is 1.81 bits per heavy atom. The fraction of sp³-hybridized carbons (Fsp3) is 0.333. The summed E-state index contributed by atoms with van der Waals surface area (Å²) >= 11 is 1.12. The van der Waals surface area contributed by atoms with Gasteiger partial charge >= 0.3 is 6.61 Å². The second-order valence-electron chi connectivity index (χ2n) is 6.66. The lowest BCUT2D eigenvalue weighted by Crippen LogP contribution is -2.27. The number of anilines is 2. The Labute approximate surface area is 154 Å². The average molecular weight is 382 g/mol. The summed E-state index contributed by atoms with van der Waals surface area (Å²) in [7, 11) is 0. The number of carbonyl (C=O) groups is 2. The van der Waals surface area contributed by atoms with Gasteiger partial charge < -0.3 is 15.4 Å². The number of rotatable bonds is 5. The summed E-state index contributed by atoms with van der Waals surface area (Å²) in [5, 5.41) is 5.89. The maximum atomic E-state index is 12.5. The van der Waals surface area contributed by atoms with E-state index >= 15 is 0 Å². The molecule has 26 heavy (non-hydrogen) atoms. The SMILES string of the molecule is Cc1cc(NC(=O)C(C)(C)C)sc1C(=O)Nc1ccccc1OC(F)F. The molecule has 2 rings (SSSR count). The maximum Gasteiger partial charge on any atom is 0.387 e. The Kier molecular flexibility index (Phi) is 5.97. The van der Waals surface area contributed by atoms with Gasteiger partial charge in [-0.1, -0.05) is 32.9 Å². The molecular formula is C18H20F2N2O3S. The molecule has 0 saturated heterocycles. The summed E-state index contributed by atoms with van der Waals surface area (Å²) in [6, 6.07) is 7.65. The van der Waals surface area contributed by atoms with Crippen LogP contribution in [0.25, 0.3) is 0 Å². The van der Waals surface area contributed by atoms with Crippen molar-refractivity contribution in [1.82, 2.24) is 0 Å². The van der Waals surface area contributed by atoms with Crippen LogP contribution in [0.3, 0.4) is 0 Å². The molecule has 0 fully saturated rings. The van der Waals surface area contributed by atoms with E-state index in [1.807, 2.05) is 0 Å². The van der Waals surface area contributed by atoms with E-state index in [2.05, 4.69) is 15.4 Å². The zero-order chi connectivity index (χ0) is 19.5. The van der Waals surface area contributed by atoms with Crippen LogP contribution < -0.4 is 15.4 Å². The normalized spacial score (nSPS) is 11.3. The van der Waals surface area contributed by atoms with Crippen molar-refractivity contribution in [2.75, 3.05) is 10.6 Å². The number of hydrogen-bond donors (Lipinski definition) is 2. The van der Waals surface area contributed by atoms with Gasteiger partial charge in [0.1, 0.15) is 5.75 Å². The number of alkyl halides is 2. The lowest BCUT2D eigenvalue weighted by atomic mass is 9.96. The van der Waals surface area contributed by atoms with Gasteiger partial charge in [0.25, 0.3) is 5.91 Å². The number of thiophene rings is 1. The van der Waals surface area contributed by atoms with Crippen molar-refractivity contribution in [1.29, 1.82) is 0 Å². The number of ether oxygens (including phenoxy) is 1. The number of benzene rings is 1. The molecule has 5 nitrogen and oxygen atoms in total. The summed E-state index contributed by atoms with van der Waals surface area (Å²) in [5.74, 6) is -0.748. The molecule has 0 aliphatic carbocycles. The lowest BCUT2D eigenvalue weighted by Gasteiger charge is -2.16. The van der Waals surface area contributed by atoms with Gasteiger partial charge in [0.05, 0.1) is 15.6 Å². The van der Waals surface area contributed by atoms with Crippen molar-refractivity contribution in [2.24, 2.45) is 5.41 Å². The van der Waals surface area contributed by atoms with Crippen LogP contribution in [0, 0.1) is 12.3 Å². The molecule has 8 heteroatoms. The van der Waals surface area contributed by atoms with Gasteiger partial charge in [-0.15, -0.1) is 11.3 Å². The first kappa shape index (κ1) is 19.8. The van der Waals surface area contributed by atoms with E-state index < -0.39 is 17.9 Å². The van der Waals surface area contributed by atoms with E-state index in [0.29, 0.717) is 15.4 Å². The molecule has 0 atom stereocenters. The van der Waals surface area contributed by atoms with E-state index in [9.17, 15) is 18.4 Å². The molecule has 0 aliphatic rings. The van der Waals surface area contributed by atoms with Crippen LogP contribution in [0.4, 0.5) is 19.5 Å². The average Bonchev–Trinajstić information content (AvgIpc) is 2.88. The van der Waals surface area contributed by atoms with Crippen molar-refractivity contribution in [3.63, 3.8) is 0 Å². The Balaban J connectivity index is 2.17. The third-order valence-electron chi connectivity index (χ3n) is 3.39. The third kappa shape index (κ3) is 5.01. The van der Waals surface area contributed by atoms with Crippen LogP contribution in [0.5, 0.6) is 5.75 Å². The maximum absolute atomic E-state index is 12.5. The molecule has 2 aromatic rings. The molecule has 1 aromatic carbocycles. The first-order valence-electron chi connectivity index (χ1n) is 7.85. The van der Waals surface area contributed by atoms with E-state index in [4.69, 9.17) is 0 Å². The zero-order valence-corrected chi connectivity index (χ0v) is 15.7. The Morgan fingerprint density at radius 3 is 2.42 bits per heavy atom. The van der Waals surface area contributed by atoms with Crippen LogP contribution in [0.1, 0.15) is 36.0 Å². The molecule has 0 aliphatic heterocycles. The number of hydrogen-bond acceptors (Lipinski definition) is 4. The second-order valence-corrected chi connectivity index (χ2v) is 7.71. The summed E-state index contributed by atoms with van der Waals surface area (Å²) in [6.45, 7) is 4.11. The largest absolute Gasteiger partial charge is 0.433 e. The number of carbonyl (C=O) groups excluding carboxylic acids is 2. The highest BCUT2D eigenvalue weighted by Gasteiger charge is 2.23. The molecule has 0 bridgehead atoms. The molecule has 1 heterocycles. The molecule has 140 valence electrons. The van der Waals surface area contributed by atoms with Gasteiger partial charge in [-0.05, 0) is 30.7 Å². The molecule has 2 amide bonds. The fourth-order valence-corrected chi connectivity index (χ4v) is 2.98. The number of aryl methyl sites for hydroxylation is 1. The number of nitrogens with one attached hydrogen (secondary N) is 2. The molecule has 2 N–H and O–H groups in total. The summed E-state index contributed by atoms with van der Waals surface area (Å²) in [4.78, 5) is 25.0. The van der Waals surface area contributed by atoms with Crippen LogP contribution in [-0.4, -0.2) is 18.4 Å². The van der Waals surface area contributed by atoms with Crippen molar-refractivity contribution >= 4 is 33.8 Å². The third-order valence-corrected chi connectivity index (χ3v) is 4.54. The van der Waals surface area contributed by atoms with Gasteiger partial charge in [-0.25, -0.2) is 0 Å². The minimum atomic E-state index is -2.99. The van der Waals surface area contributed by atoms with E-state index in [1.165, 1.54) is 18.2 Å². The fourth-order valence-electron chi connectivity index (χ4n) is 2.02. The summed E-state index contributed by atoms with van der Waals surface area (Å²) in [5.41, 5.74) is 0.251. The van der Waals surface area contributed by atoms with Gasteiger partial charge in [0.15, 0.2) is 0 Å². The Morgan fingerprint density at radius 1 is 1.15 bits per heavy atom. The topological polar surface area (TPSA) is 67.4 Å². The van der Waals surface area contributed by atoms with Crippen molar-refractivity contribution in [3.05, 3.63) is 40.8 Å². The highest BCUT2D eigenvalue weighted by atomic mass is 32.1. The smallest absolute Gasteiger partial charge is 0.387 e. The Bertz CT molecular complexity index is 813. The van der Waals surface area contributed by atoms with E-state index in [0.717, 1.165) is 11.3 Å². The van der Waals surface area contributed by atoms with Gasteiger partial charge in [0, 0.05) is 5.41 Å². The first-order valence-corrected chi connectivity index (χ1v) is 8.66. The predicted octanol–water partition coefficient (Wildman–Crippen LogP) is 4.89. The minimum absolute atomic E-state index is 0.119. The summed E-state index contributed by atoms with van der Waals surface area (Å²) in [6.07, 6.45) is 0. The van der Waals surface area contributed by atoms with Crippen LogP contribution in [0.2, 0.25) is 0 Å². The van der Waals surface area contributed by atoms with Crippen LogP contribution >= 0.6 is 11.3 Å². The lowest BCUT2D eigenvalue weighted by molar-refractivity contribution is -0.123. The molecule has 0 saturated carbocycles. The number of halogens is 2. The number of amides is 2. The number of para-hydroxylation sites is 2. The van der Waals surface area contributed by atoms with Crippen LogP contribution in [0.15, 0.2) is 30.3 Å². The highest BCUT2D eigenvalue weighted by molar-refractivity contribution is 7.18. The molecule has 1 aromatic heterocycles. The highest BCUT2D eigenvalue weighted by Crippen LogP contribution is 2.31. The first-order chi connectivity index (χ1) is 12.1. The van der Waals surface area contributed by atoms with E-state index in [-0.39, 0.29) is 17.3 Å². The monoisotopic (exact) mass is 382 g/mol. The zero-order valence-electron chi connectivity index (χ0n) is 14.9. The summed E-state index contributed by atoms with van der Waals surface area (Å²) < 4.78 is 29.4. The van der Waals surface area contributed by atoms with Crippen LogP contribution in [-0.2, 0) is 4.79 Å². The van der Waals surface area contributed by atoms with Crippen molar-refractivity contribution in [3.8, 4) is 5.75 Å². The van der Waals surface area contributed by atoms with Gasteiger partial charge in [-0.3, -0.25) is 9.59 Å². The van der Waals surface area contributed by atoms with E-state index in [1.54, 1.807) is 39.8 Å². The quantitative estimate of drug-likeness (QED) is 0.773. The predicted molar refractivity (Wildman–Crippen MR) is 98.2 cm³/mol. The minimum Gasteiger partial charge on any atom is -0.433 e. The molecule has 0 spiro atoms. The molecule has 0 unspecified atom stereocenters. The van der Waals surface area contributed by atoms with Crippen molar-refractivity contribution < 1.29 is 23.1 Å². The molecule has 0 radical (unpaired) electrons. The van der Waals surface area contributed by atoms with Crippen molar-refractivity contribution in [2.45, 2.75) is 34.3 Å². The van der Waals surface area contributed by atoms with Gasteiger partial charge in [0.2, 0.25) is 5.91 Å². The van der Waals surface area contributed by atoms with Gasteiger partial charge in [-0.2, -0.15) is 8.78 Å². The molecular weight excluding hydrogens is 362 g/mol. The second kappa shape index (κ2) is 7.82. The standard InChI is InChI=1S/C18H20F2N2O3S/c1-10-9-13(22-16(24)18(2,3)4)26-14(10)15(23)21-11-7-5-6-8-12(11)25-17(19)20/h5-9,17H,1-4H3,(H,21,23)(H,22,24). The Hall–Kier alpha value is -2.48.